The molecule has 2 aromatic carbocycles. The van der Waals surface area contributed by atoms with Crippen molar-refractivity contribution in [2.24, 2.45) is 0 Å². The lowest BCUT2D eigenvalue weighted by molar-refractivity contribution is 0.0862. The van der Waals surface area contributed by atoms with Crippen molar-refractivity contribution in [2.75, 3.05) is 7.11 Å². The summed E-state index contributed by atoms with van der Waals surface area (Å²) >= 11 is 0. The second-order valence-electron chi connectivity index (χ2n) is 5.00. The molecule has 0 saturated carbocycles. The van der Waals surface area contributed by atoms with Crippen molar-refractivity contribution in [1.82, 2.24) is 0 Å². The Bertz CT molecular complexity index is 639. The third kappa shape index (κ3) is 1.13. The van der Waals surface area contributed by atoms with Crippen LogP contribution in [0.25, 0.3) is 10.8 Å². The molecule has 2 heteroatoms. The molecule has 0 aliphatic heterocycles. The van der Waals surface area contributed by atoms with E-state index in [0.717, 1.165) is 21.9 Å². The molecule has 3 rings (SSSR count). The predicted octanol–water partition coefficient (Wildman–Crippen LogP) is 3.32. The molecule has 0 radical (unpaired) electrons. The van der Waals surface area contributed by atoms with Crippen molar-refractivity contribution in [2.45, 2.75) is 19.3 Å². The van der Waals surface area contributed by atoms with Crippen LogP contribution in [-0.2, 0) is 5.41 Å². The molecule has 2 nitrogen and oxygen atoms in total. The molecule has 0 bridgehead atoms. The lowest BCUT2D eigenvalue weighted by Crippen LogP contribution is -2.41. The molecule has 2 aromatic rings. The second-order valence-corrected chi connectivity index (χ2v) is 5.00. The van der Waals surface area contributed by atoms with E-state index < -0.39 is 0 Å². The first-order valence-electron chi connectivity index (χ1n) is 5.72. The first-order valence-corrected chi connectivity index (χ1v) is 5.72. The summed E-state index contributed by atoms with van der Waals surface area (Å²) in [6.45, 7) is 3.95. The Labute approximate surface area is 100 Å². The maximum absolute atomic E-state index is 12.1. The van der Waals surface area contributed by atoms with Crippen molar-refractivity contribution in [3.63, 3.8) is 0 Å². The number of ether oxygens (including phenoxy) is 1. The smallest absolute Gasteiger partial charge is 0.176 e. The highest BCUT2D eigenvalue weighted by molar-refractivity contribution is 6.20. The van der Waals surface area contributed by atoms with Gasteiger partial charge in [-0.1, -0.05) is 24.3 Å². The fourth-order valence-corrected chi connectivity index (χ4v) is 2.72. The summed E-state index contributed by atoms with van der Waals surface area (Å²) in [4.78, 5) is 12.1. The molecule has 1 aliphatic rings. The van der Waals surface area contributed by atoms with Crippen molar-refractivity contribution in [1.29, 1.82) is 0 Å². The van der Waals surface area contributed by atoms with Crippen molar-refractivity contribution in [3.8, 4) is 5.75 Å². The zero-order chi connectivity index (χ0) is 12.2. The Morgan fingerprint density at radius 1 is 1.18 bits per heavy atom. The minimum atomic E-state index is -0.385. The average Bonchev–Trinajstić information content (AvgIpc) is 2.35. The molecule has 0 N–H and O–H groups in total. The van der Waals surface area contributed by atoms with Gasteiger partial charge in [-0.2, -0.15) is 0 Å². The maximum Gasteiger partial charge on any atom is 0.176 e. The van der Waals surface area contributed by atoms with Crippen LogP contribution in [0.5, 0.6) is 5.75 Å². The standard InChI is InChI=1S/C15H14O2/c1-15(2)13-10-7-5-4-6-9(10)8-11(17-3)12(13)14(15)16/h4-8H,1-3H3. The highest BCUT2D eigenvalue weighted by Crippen LogP contribution is 2.48. The largest absolute Gasteiger partial charge is 0.496 e. The van der Waals surface area contributed by atoms with Gasteiger partial charge in [0, 0.05) is 0 Å². The molecule has 86 valence electrons. The molecule has 0 amide bonds. The zero-order valence-corrected chi connectivity index (χ0v) is 10.2. The summed E-state index contributed by atoms with van der Waals surface area (Å²) in [5, 5.41) is 2.29. The number of benzene rings is 2. The quantitative estimate of drug-likeness (QED) is 0.745. The summed E-state index contributed by atoms with van der Waals surface area (Å²) < 4.78 is 5.33. The Balaban J connectivity index is 2.47. The van der Waals surface area contributed by atoms with Crippen molar-refractivity contribution < 1.29 is 9.53 Å². The van der Waals surface area contributed by atoms with Crippen LogP contribution in [0.15, 0.2) is 30.3 Å². The third-order valence-electron chi connectivity index (χ3n) is 3.65. The fourth-order valence-electron chi connectivity index (χ4n) is 2.72. The number of hydrogen-bond donors (Lipinski definition) is 0. The summed E-state index contributed by atoms with van der Waals surface area (Å²) in [7, 11) is 1.61. The number of rotatable bonds is 1. The van der Waals surface area contributed by atoms with Gasteiger partial charge in [-0.15, -0.1) is 0 Å². The molecular formula is C15H14O2. The fraction of sp³-hybridized carbons (Fsp3) is 0.267. The van der Waals surface area contributed by atoms with Gasteiger partial charge in [-0.25, -0.2) is 0 Å². The molecular weight excluding hydrogens is 212 g/mol. The molecule has 0 aromatic heterocycles. The number of methoxy groups -OCH3 is 1. The highest BCUT2D eigenvalue weighted by Gasteiger charge is 2.47. The topological polar surface area (TPSA) is 26.3 Å². The number of carbonyl (C=O) groups is 1. The van der Waals surface area contributed by atoms with Crippen LogP contribution in [0.2, 0.25) is 0 Å². The highest BCUT2D eigenvalue weighted by atomic mass is 16.5. The van der Waals surface area contributed by atoms with Gasteiger partial charge in [-0.3, -0.25) is 4.79 Å². The van der Waals surface area contributed by atoms with Gasteiger partial charge in [0.25, 0.3) is 0 Å². The summed E-state index contributed by atoms with van der Waals surface area (Å²) in [5.41, 5.74) is 1.50. The molecule has 0 unspecified atom stereocenters. The third-order valence-corrected chi connectivity index (χ3v) is 3.65. The first-order chi connectivity index (χ1) is 8.07. The van der Waals surface area contributed by atoms with Gasteiger partial charge < -0.3 is 4.74 Å². The van der Waals surface area contributed by atoms with E-state index in [-0.39, 0.29) is 11.2 Å². The Morgan fingerprint density at radius 3 is 2.59 bits per heavy atom. The minimum absolute atomic E-state index is 0.176. The number of fused-ring (bicyclic) bond motifs is 3. The van der Waals surface area contributed by atoms with Crippen LogP contribution in [0.3, 0.4) is 0 Å². The summed E-state index contributed by atoms with van der Waals surface area (Å²) in [6, 6.07) is 10.1. The summed E-state index contributed by atoms with van der Waals surface area (Å²) in [5.74, 6) is 0.873. The van der Waals surface area contributed by atoms with Crippen LogP contribution >= 0.6 is 0 Å². The molecule has 0 saturated heterocycles. The van der Waals surface area contributed by atoms with E-state index in [4.69, 9.17) is 4.74 Å². The molecule has 17 heavy (non-hydrogen) atoms. The van der Waals surface area contributed by atoms with Crippen molar-refractivity contribution >= 4 is 16.6 Å². The van der Waals surface area contributed by atoms with Crippen LogP contribution in [0.4, 0.5) is 0 Å². The van der Waals surface area contributed by atoms with E-state index >= 15 is 0 Å². The number of ketones is 1. The van der Waals surface area contributed by atoms with Gasteiger partial charge >= 0.3 is 0 Å². The number of carbonyl (C=O) groups excluding carboxylic acids is 1. The van der Waals surface area contributed by atoms with Gasteiger partial charge in [0.05, 0.1) is 18.1 Å². The van der Waals surface area contributed by atoms with Crippen LogP contribution in [0, 0.1) is 0 Å². The molecule has 1 aliphatic carbocycles. The lowest BCUT2D eigenvalue weighted by Gasteiger charge is -2.38. The lowest BCUT2D eigenvalue weighted by atomic mass is 9.63. The molecule has 0 heterocycles. The van der Waals surface area contributed by atoms with Crippen LogP contribution in [0.1, 0.15) is 29.8 Å². The maximum atomic E-state index is 12.1. The van der Waals surface area contributed by atoms with Crippen LogP contribution < -0.4 is 4.74 Å². The summed E-state index contributed by atoms with van der Waals surface area (Å²) in [6.07, 6.45) is 0. The van der Waals surface area contributed by atoms with Gasteiger partial charge in [-0.05, 0) is 36.2 Å². The zero-order valence-electron chi connectivity index (χ0n) is 10.2. The van der Waals surface area contributed by atoms with E-state index in [1.807, 2.05) is 32.0 Å². The average molecular weight is 226 g/mol. The van der Waals surface area contributed by atoms with Gasteiger partial charge in [0.15, 0.2) is 5.78 Å². The van der Waals surface area contributed by atoms with E-state index in [1.54, 1.807) is 7.11 Å². The number of Topliss-reactive ketones (excluding diaryl/α,β-unsaturated/α-hetero) is 1. The predicted molar refractivity (Wildman–Crippen MR) is 67.9 cm³/mol. The van der Waals surface area contributed by atoms with Crippen LogP contribution in [-0.4, -0.2) is 12.9 Å². The monoisotopic (exact) mass is 226 g/mol. The Kier molecular flexibility index (Phi) is 1.88. The van der Waals surface area contributed by atoms with E-state index in [2.05, 4.69) is 12.1 Å². The Hall–Kier alpha value is -1.83. The van der Waals surface area contributed by atoms with E-state index in [9.17, 15) is 4.79 Å². The first kappa shape index (κ1) is 10.3. The Morgan fingerprint density at radius 2 is 1.88 bits per heavy atom. The molecule has 0 atom stereocenters. The van der Waals surface area contributed by atoms with E-state index in [0.29, 0.717) is 5.75 Å². The minimum Gasteiger partial charge on any atom is -0.496 e. The van der Waals surface area contributed by atoms with Crippen molar-refractivity contribution in [3.05, 3.63) is 41.5 Å². The van der Waals surface area contributed by atoms with Gasteiger partial charge in [0.2, 0.25) is 0 Å². The van der Waals surface area contributed by atoms with E-state index in [1.165, 1.54) is 0 Å². The molecule has 0 spiro atoms. The normalized spacial score (nSPS) is 16.5. The molecule has 0 fully saturated rings. The second kappa shape index (κ2) is 3.10. The van der Waals surface area contributed by atoms with Gasteiger partial charge in [0.1, 0.15) is 5.75 Å². The number of hydrogen-bond acceptors (Lipinski definition) is 2. The SMILES string of the molecule is COc1cc2ccccc2c2c1C(=O)C2(C)C.